The number of hydrogen-bond donors (Lipinski definition) is 1. The van der Waals surface area contributed by atoms with Gasteiger partial charge in [0, 0.05) is 24.6 Å². The molecule has 6 heteroatoms. The number of aromatic nitrogens is 1. The van der Waals surface area contributed by atoms with Crippen molar-refractivity contribution in [2.75, 3.05) is 4.90 Å². The first-order valence-corrected chi connectivity index (χ1v) is 6.79. The number of imide groups is 1. The molecule has 2 aromatic rings. The molecule has 1 fully saturated rings. The first kappa shape index (κ1) is 13.9. The molecule has 110 valence electrons. The van der Waals surface area contributed by atoms with Crippen molar-refractivity contribution in [3.63, 3.8) is 0 Å². The Balaban J connectivity index is 2.28. The van der Waals surface area contributed by atoms with Gasteiger partial charge in [-0.15, -0.1) is 0 Å². The van der Waals surface area contributed by atoms with Gasteiger partial charge in [-0.3, -0.25) is 14.4 Å². The molecule has 6 nitrogen and oxygen atoms in total. The number of nitrogens with two attached hydrogens (primary N) is 1. The maximum atomic E-state index is 12.1. The summed E-state index contributed by atoms with van der Waals surface area (Å²) in [5, 5.41) is 0. The molecule has 0 saturated carbocycles. The van der Waals surface area contributed by atoms with Crippen LogP contribution in [0.3, 0.4) is 0 Å². The van der Waals surface area contributed by atoms with Crippen molar-refractivity contribution < 1.29 is 14.4 Å². The lowest BCUT2D eigenvalue weighted by Gasteiger charge is -2.20. The molecule has 3 rings (SSSR count). The van der Waals surface area contributed by atoms with Crippen molar-refractivity contribution in [1.29, 1.82) is 0 Å². The van der Waals surface area contributed by atoms with Crippen LogP contribution in [0.4, 0.5) is 5.69 Å². The standard InChI is InChI=1S/C16H13N3O3/c17-16(22)14-15(19-12(20)6-7-13(19)21)11(8-9-18-14)10-4-2-1-3-5-10/h1-5,8-9H,6-7H2,(H2,17,22). The van der Waals surface area contributed by atoms with Crippen LogP contribution in [0.1, 0.15) is 23.3 Å². The van der Waals surface area contributed by atoms with Gasteiger partial charge in [-0.05, 0) is 11.6 Å². The van der Waals surface area contributed by atoms with E-state index < -0.39 is 5.91 Å². The summed E-state index contributed by atoms with van der Waals surface area (Å²) in [6.45, 7) is 0. The quantitative estimate of drug-likeness (QED) is 0.868. The van der Waals surface area contributed by atoms with Gasteiger partial charge in [0.1, 0.15) is 0 Å². The van der Waals surface area contributed by atoms with E-state index in [-0.39, 0.29) is 36.0 Å². The third kappa shape index (κ3) is 2.24. The topological polar surface area (TPSA) is 93.4 Å². The summed E-state index contributed by atoms with van der Waals surface area (Å²) >= 11 is 0. The fourth-order valence-corrected chi connectivity index (χ4v) is 2.54. The van der Waals surface area contributed by atoms with E-state index in [1.807, 2.05) is 30.3 Å². The lowest BCUT2D eigenvalue weighted by atomic mass is 10.0. The van der Waals surface area contributed by atoms with E-state index >= 15 is 0 Å². The predicted molar refractivity (Wildman–Crippen MR) is 79.9 cm³/mol. The highest BCUT2D eigenvalue weighted by atomic mass is 16.2. The minimum absolute atomic E-state index is 0.0787. The number of hydrogen-bond acceptors (Lipinski definition) is 4. The zero-order valence-corrected chi connectivity index (χ0v) is 11.7. The van der Waals surface area contributed by atoms with Crippen LogP contribution in [0.15, 0.2) is 42.6 Å². The molecule has 0 bridgehead atoms. The summed E-state index contributed by atoms with van der Waals surface area (Å²) < 4.78 is 0. The summed E-state index contributed by atoms with van der Waals surface area (Å²) in [5.41, 5.74) is 6.82. The number of nitrogens with zero attached hydrogens (tertiary/aromatic N) is 2. The normalized spacial score (nSPS) is 14.5. The number of anilines is 1. The number of primary amides is 1. The fraction of sp³-hybridized carbons (Fsp3) is 0.125. The number of carbonyl (C=O) groups is 3. The highest BCUT2D eigenvalue weighted by molar-refractivity contribution is 6.23. The van der Waals surface area contributed by atoms with E-state index in [2.05, 4.69) is 4.98 Å². The maximum absolute atomic E-state index is 12.1. The van der Waals surface area contributed by atoms with Crippen molar-refractivity contribution in [3.05, 3.63) is 48.3 Å². The van der Waals surface area contributed by atoms with Crippen LogP contribution in [0, 0.1) is 0 Å². The molecule has 0 radical (unpaired) electrons. The third-order valence-electron chi connectivity index (χ3n) is 3.52. The molecule has 0 atom stereocenters. The molecule has 1 aliphatic rings. The van der Waals surface area contributed by atoms with Crippen LogP contribution in [0.2, 0.25) is 0 Å². The van der Waals surface area contributed by atoms with Crippen molar-refractivity contribution in [1.82, 2.24) is 4.98 Å². The zero-order valence-electron chi connectivity index (χ0n) is 11.7. The van der Waals surface area contributed by atoms with E-state index in [1.54, 1.807) is 6.07 Å². The summed E-state index contributed by atoms with van der Waals surface area (Å²) in [6.07, 6.45) is 1.69. The predicted octanol–water partition coefficient (Wildman–Crippen LogP) is 1.50. The zero-order chi connectivity index (χ0) is 15.7. The smallest absolute Gasteiger partial charge is 0.269 e. The van der Waals surface area contributed by atoms with Crippen molar-refractivity contribution in [2.45, 2.75) is 12.8 Å². The van der Waals surface area contributed by atoms with Crippen LogP contribution in [-0.4, -0.2) is 22.7 Å². The number of pyridine rings is 1. The molecule has 1 aromatic heterocycles. The van der Waals surface area contributed by atoms with Gasteiger partial charge in [0.2, 0.25) is 11.8 Å². The van der Waals surface area contributed by atoms with Gasteiger partial charge in [-0.1, -0.05) is 30.3 Å². The second-order valence-electron chi connectivity index (χ2n) is 4.91. The number of benzene rings is 1. The Kier molecular flexibility index (Phi) is 3.42. The van der Waals surface area contributed by atoms with E-state index in [4.69, 9.17) is 5.73 Å². The Morgan fingerprint density at radius 2 is 1.68 bits per heavy atom. The Bertz CT molecular complexity index is 755. The van der Waals surface area contributed by atoms with Crippen molar-refractivity contribution in [3.8, 4) is 11.1 Å². The minimum Gasteiger partial charge on any atom is -0.364 e. The number of carbonyl (C=O) groups excluding carboxylic acids is 3. The van der Waals surface area contributed by atoms with Gasteiger partial charge in [-0.2, -0.15) is 0 Å². The Morgan fingerprint density at radius 3 is 2.27 bits per heavy atom. The van der Waals surface area contributed by atoms with Gasteiger partial charge in [0.15, 0.2) is 5.69 Å². The molecule has 1 aliphatic heterocycles. The molecule has 0 aliphatic carbocycles. The van der Waals surface area contributed by atoms with Gasteiger partial charge in [0.25, 0.3) is 5.91 Å². The lowest BCUT2D eigenvalue weighted by Crippen LogP contribution is -2.32. The van der Waals surface area contributed by atoms with Crippen LogP contribution >= 0.6 is 0 Å². The molecule has 1 saturated heterocycles. The second-order valence-corrected chi connectivity index (χ2v) is 4.91. The molecule has 22 heavy (non-hydrogen) atoms. The second kappa shape index (κ2) is 5.40. The molecule has 3 amide bonds. The summed E-state index contributed by atoms with van der Waals surface area (Å²) in [5.74, 6) is -1.48. The van der Waals surface area contributed by atoms with E-state index in [0.29, 0.717) is 5.56 Å². The molecule has 2 heterocycles. The summed E-state index contributed by atoms with van der Waals surface area (Å²) in [4.78, 5) is 40.8. The molecular formula is C16H13N3O3. The fourth-order valence-electron chi connectivity index (χ4n) is 2.54. The van der Waals surface area contributed by atoms with E-state index in [0.717, 1.165) is 10.5 Å². The summed E-state index contributed by atoms with van der Waals surface area (Å²) in [7, 11) is 0. The van der Waals surface area contributed by atoms with Crippen LogP contribution in [0.5, 0.6) is 0 Å². The highest BCUT2D eigenvalue weighted by Crippen LogP contribution is 2.35. The monoisotopic (exact) mass is 295 g/mol. The van der Waals surface area contributed by atoms with Crippen molar-refractivity contribution >= 4 is 23.4 Å². The molecular weight excluding hydrogens is 282 g/mol. The maximum Gasteiger partial charge on any atom is 0.269 e. The van der Waals surface area contributed by atoms with Crippen LogP contribution in [0.25, 0.3) is 11.1 Å². The summed E-state index contributed by atoms with van der Waals surface area (Å²) in [6, 6.07) is 10.8. The van der Waals surface area contributed by atoms with E-state index in [9.17, 15) is 14.4 Å². The molecule has 2 N–H and O–H groups in total. The first-order valence-electron chi connectivity index (χ1n) is 6.79. The van der Waals surface area contributed by atoms with Crippen LogP contribution < -0.4 is 10.6 Å². The number of rotatable bonds is 3. The van der Waals surface area contributed by atoms with Gasteiger partial charge in [0.05, 0.1) is 5.69 Å². The van der Waals surface area contributed by atoms with E-state index in [1.165, 1.54) is 6.20 Å². The van der Waals surface area contributed by atoms with Gasteiger partial charge < -0.3 is 5.73 Å². The lowest BCUT2D eigenvalue weighted by molar-refractivity contribution is -0.121. The average Bonchev–Trinajstić information content (AvgIpc) is 2.86. The third-order valence-corrected chi connectivity index (χ3v) is 3.52. The Hall–Kier alpha value is -3.02. The van der Waals surface area contributed by atoms with Gasteiger partial charge in [-0.25, -0.2) is 9.88 Å². The molecule has 1 aromatic carbocycles. The van der Waals surface area contributed by atoms with Crippen molar-refractivity contribution in [2.24, 2.45) is 5.73 Å². The average molecular weight is 295 g/mol. The molecule has 0 unspecified atom stereocenters. The SMILES string of the molecule is NC(=O)c1nccc(-c2ccccc2)c1N1C(=O)CCC1=O. The largest absolute Gasteiger partial charge is 0.364 e. The minimum atomic E-state index is -0.778. The molecule has 0 spiro atoms. The van der Waals surface area contributed by atoms with Crippen LogP contribution in [-0.2, 0) is 9.59 Å². The van der Waals surface area contributed by atoms with Gasteiger partial charge >= 0.3 is 0 Å². The Morgan fingerprint density at radius 1 is 1.05 bits per heavy atom. The highest BCUT2D eigenvalue weighted by Gasteiger charge is 2.35. The first-order chi connectivity index (χ1) is 10.6. The number of amides is 3. The Labute approximate surface area is 126 Å².